The predicted molar refractivity (Wildman–Crippen MR) is 81.8 cm³/mol. The Hall–Kier alpha value is -3.00. The van der Waals surface area contributed by atoms with Gasteiger partial charge in [-0.3, -0.25) is 5.43 Å². The van der Waals surface area contributed by atoms with Gasteiger partial charge in [0.25, 0.3) is 0 Å². The summed E-state index contributed by atoms with van der Waals surface area (Å²) in [6.45, 7) is -0.0286. The summed E-state index contributed by atoms with van der Waals surface area (Å²) >= 11 is 0. The Kier molecular flexibility index (Phi) is 5.18. The second-order valence-electron chi connectivity index (χ2n) is 4.09. The van der Waals surface area contributed by atoms with Crippen LogP contribution >= 0.6 is 0 Å². The minimum absolute atomic E-state index is 0.0286. The summed E-state index contributed by atoms with van der Waals surface area (Å²) in [6, 6.07) is 17.0. The van der Waals surface area contributed by atoms with Crippen molar-refractivity contribution in [2.24, 2.45) is 5.10 Å². The molecule has 2 aromatic rings. The molecule has 1 N–H and O–H groups in total. The number of nitrogens with one attached hydrogen (secondary N) is 1. The zero-order chi connectivity index (χ0) is 14.9. The van der Waals surface area contributed by atoms with Crippen molar-refractivity contribution in [3.05, 3.63) is 54.1 Å². The molecule has 0 saturated heterocycles. The molecule has 0 saturated carbocycles. The summed E-state index contributed by atoms with van der Waals surface area (Å²) in [6.07, 6.45) is 1.67. The van der Waals surface area contributed by atoms with E-state index in [1.807, 2.05) is 42.5 Å². The van der Waals surface area contributed by atoms with Gasteiger partial charge < -0.3 is 9.47 Å². The van der Waals surface area contributed by atoms with E-state index in [0.29, 0.717) is 11.5 Å². The molecular weight excluding hydrogens is 266 g/mol. The highest BCUT2D eigenvalue weighted by atomic mass is 16.5. The van der Waals surface area contributed by atoms with E-state index in [1.165, 1.54) is 0 Å². The number of ether oxygens (including phenoxy) is 2. The van der Waals surface area contributed by atoms with Crippen molar-refractivity contribution in [1.82, 2.24) is 0 Å². The lowest BCUT2D eigenvalue weighted by Gasteiger charge is -2.08. The topological polar surface area (TPSA) is 66.6 Å². The van der Waals surface area contributed by atoms with Gasteiger partial charge in [-0.05, 0) is 35.9 Å². The molecule has 0 heterocycles. The Labute approximate surface area is 123 Å². The number of para-hydroxylation sites is 1. The van der Waals surface area contributed by atoms with Crippen LogP contribution in [0.15, 0.2) is 53.6 Å². The Morgan fingerprint density at radius 3 is 2.71 bits per heavy atom. The number of methoxy groups -OCH3 is 1. The van der Waals surface area contributed by atoms with Crippen molar-refractivity contribution in [1.29, 1.82) is 5.26 Å². The molecule has 0 aliphatic carbocycles. The number of benzene rings is 2. The lowest BCUT2D eigenvalue weighted by molar-refractivity contribution is 0.329. The van der Waals surface area contributed by atoms with E-state index < -0.39 is 0 Å². The number of nitrogens with zero attached hydrogens (tertiary/aromatic N) is 2. The molecule has 0 aliphatic heterocycles. The summed E-state index contributed by atoms with van der Waals surface area (Å²) < 4.78 is 10.5. The molecule has 0 aromatic heterocycles. The smallest absolute Gasteiger partial charge is 0.174 e. The van der Waals surface area contributed by atoms with Gasteiger partial charge in [0.1, 0.15) is 6.07 Å². The average Bonchev–Trinajstić information content (AvgIpc) is 2.54. The first-order valence-electron chi connectivity index (χ1n) is 6.35. The van der Waals surface area contributed by atoms with Crippen LogP contribution < -0.4 is 14.9 Å². The maximum absolute atomic E-state index is 8.58. The lowest BCUT2D eigenvalue weighted by atomic mass is 10.2. The van der Waals surface area contributed by atoms with Crippen molar-refractivity contribution >= 4 is 11.9 Å². The van der Waals surface area contributed by atoms with Crippen LogP contribution in [0.3, 0.4) is 0 Å². The third-order valence-corrected chi connectivity index (χ3v) is 2.66. The fourth-order valence-corrected chi connectivity index (χ4v) is 1.69. The number of anilines is 1. The molecule has 21 heavy (non-hydrogen) atoms. The Morgan fingerprint density at radius 2 is 2.00 bits per heavy atom. The van der Waals surface area contributed by atoms with E-state index in [4.69, 9.17) is 14.7 Å². The van der Waals surface area contributed by atoms with Crippen molar-refractivity contribution < 1.29 is 9.47 Å². The first kappa shape index (κ1) is 14.4. The molecule has 0 atom stereocenters. The van der Waals surface area contributed by atoms with Crippen LogP contribution in [-0.2, 0) is 0 Å². The minimum Gasteiger partial charge on any atom is -0.493 e. The number of hydrogen-bond acceptors (Lipinski definition) is 5. The zero-order valence-corrected chi connectivity index (χ0v) is 11.6. The molecule has 2 aromatic carbocycles. The van der Waals surface area contributed by atoms with Gasteiger partial charge in [-0.1, -0.05) is 18.2 Å². The normalized spacial score (nSPS) is 10.1. The quantitative estimate of drug-likeness (QED) is 0.653. The summed E-state index contributed by atoms with van der Waals surface area (Å²) in [7, 11) is 1.55. The van der Waals surface area contributed by atoms with Crippen molar-refractivity contribution in [2.45, 2.75) is 0 Å². The number of hydrazone groups is 1. The third-order valence-electron chi connectivity index (χ3n) is 2.66. The SMILES string of the molecule is COc1ccc(C=NNc2ccccc2)cc1OCC#N. The van der Waals surface area contributed by atoms with Gasteiger partial charge >= 0.3 is 0 Å². The Morgan fingerprint density at radius 1 is 1.19 bits per heavy atom. The van der Waals surface area contributed by atoms with E-state index in [-0.39, 0.29) is 6.61 Å². The highest BCUT2D eigenvalue weighted by molar-refractivity contribution is 5.81. The van der Waals surface area contributed by atoms with Crippen LogP contribution in [-0.4, -0.2) is 19.9 Å². The van der Waals surface area contributed by atoms with Gasteiger partial charge in [-0.15, -0.1) is 0 Å². The number of nitriles is 1. The van der Waals surface area contributed by atoms with E-state index >= 15 is 0 Å². The first-order valence-corrected chi connectivity index (χ1v) is 6.35. The molecule has 0 radical (unpaired) electrons. The molecule has 0 bridgehead atoms. The molecule has 0 fully saturated rings. The lowest BCUT2D eigenvalue weighted by Crippen LogP contribution is -1.98. The van der Waals surface area contributed by atoms with E-state index in [9.17, 15) is 0 Å². The zero-order valence-electron chi connectivity index (χ0n) is 11.6. The summed E-state index contributed by atoms with van der Waals surface area (Å²) in [4.78, 5) is 0. The second kappa shape index (κ2) is 7.56. The fraction of sp³-hybridized carbons (Fsp3) is 0.125. The van der Waals surface area contributed by atoms with E-state index in [2.05, 4.69) is 10.5 Å². The molecule has 0 aliphatic rings. The fourth-order valence-electron chi connectivity index (χ4n) is 1.69. The van der Waals surface area contributed by atoms with Gasteiger partial charge in [0, 0.05) is 0 Å². The molecule has 0 amide bonds. The number of hydrogen-bond donors (Lipinski definition) is 1. The second-order valence-corrected chi connectivity index (χ2v) is 4.09. The third kappa shape index (κ3) is 4.25. The van der Waals surface area contributed by atoms with Crippen LogP contribution in [0.1, 0.15) is 5.56 Å². The average molecular weight is 281 g/mol. The number of rotatable bonds is 6. The van der Waals surface area contributed by atoms with Gasteiger partial charge in [0.05, 0.1) is 19.0 Å². The van der Waals surface area contributed by atoms with Gasteiger partial charge in [0.15, 0.2) is 18.1 Å². The van der Waals surface area contributed by atoms with Crippen molar-refractivity contribution in [3.63, 3.8) is 0 Å². The molecule has 106 valence electrons. The van der Waals surface area contributed by atoms with E-state index in [1.54, 1.807) is 25.5 Å². The van der Waals surface area contributed by atoms with E-state index in [0.717, 1.165) is 11.3 Å². The van der Waals surface area contributed by atoms with Crippen LogP contribution in [0.4, 0.5) is 5.69 Å². The highest BCUT2D eigenvalue weighted by Gasteiger charge is 2.04. The maximum atomic E-state index is 8.58. The molecule has 0 unspecified atom stereocenters. The molecule has 2 rings (SSSR count). The first-order chi connectivity index (χ1) is 10.3. The molecular formula is C16H15N3O2. The maximum Gasteiger partial charge on any atom is 0.174 e. The molecule has 5 nitrogen and oxygen atoms in total. The standard InChI is InChI=1S/C16H15N3O2/c1-20-15-8-7-13(11-16(15)21-10-9-17)12-18-19-14-5-3-2-4-6-14/h2-8,11-12,19H,10H2,1H3. The summed E-state index contributed by atoms with van der Waals surface area (Å²) in [5, 5.41) is 12.7. The van der Waals surface area contributed by atoms with Crippen LogP contribution in [0.25, 0.3) is 0 Å². The molecule has 0 spiro atoms. The van der Waals surface area contributed by atoms with Gasteiger partial charge in [-0.2, -0.15) is 10.4 Å². The van der Waals surface area contributed by atoms with Crippen LogP contribution in [0.2, 0.25) is 0 Å². The highest BCUT2D eigenvalue weighted by Crippen LogP contribution is 2.27. The largest absolute Gasteiger partial charge is 0.493 e. The minimum atomic E-state index is -0.0286. The van der Waals surface area contributed by atoms with Crippen molar-refractivity contribution in [2.75, 3.05) is 19.1 Å². The molecule has 5 heteroatoms. The van der Waals surface area contributed by atoms with Gasteiger partial charge in [-0.25, -0.2) is 0 Å². The predicted octanol–water partition coefficient (Wildman–Crippen LogP) is 3.04. The van der Waals surface area contributed by atoms with Crippen LogP contribution in [0, 0.1) is 11.3 Å². The van der Waals surface area contributed by atoms with Crippen LogP contribution in [0.5, 0.6) is 11.5 Å². The summed E-state index contributed by atoms with van der Waals surface area (Å²) in [5.41, 5.74) is 4.68. The Balaban J connectivity index is 2.07. The van der Waals surface area contributed by atoms with Gasteiger partial charge in [0.2, 0.25) is 0 Å². The Bertz CT molecular complexity index is 648. The monoisotopic (exact) mass is 281 g/mol. The summed E-state index contributed by atoms with van der Waals surface area (Å²) in [5.74, 6) is 1.10. The van der Waals surface area contributed by atoms with Crippen molar-refractivity contribution in [3.8, 4) is 17.6 Å².